The molecule has 2 aliphatic rings. The van der Waals surface area contributed by atoms with Gasteiger partial charge in [-0.05, 0) is 37.8 Å². The molecule has 1 fully saturated rings. The summed E-state index contributed by atoms with van der Waals surface area (Å²) in [6, 6.07) is 5.67. The summed E-state index contributed by atoms with van der Waals surface area (Å²) in [6.07, 6.45) is 7.08. The minimum atomic E-state index is -0.168. The number of aromatic nitrogens is 5. The van der Waals surface area contributed by atoms with Gasteiger partial charge in [0.05, 0.1) is 5.69 Å². The highest BCUT2D eigenvalue weighted by Gasteiger charge is 2.45. The van der Waals surface area contributed by atoms with Crippen LogP contribution in [0.5, 0.6) is 0 Å². The number of hydrogen-bond donors (Lipinski definition) is 3. The number of nitrogens with one attached hydrogen (secondary N) is 2. The van der Waals surface area contributed by atoms with Crippen molar-refractivity contribution in [3.05, 3.63) is 52.2 Å². The fourth-order valence-electron chi connectivity index (χ4n) is 4.76. The van der Waals surface area contributed by atoms with Crippen LogP contribution in [0.3, 0.4) is 0 Å². The number of nitrogens with zero attached hydrogens (tertiary/aromatic N) is 5. The van der Waals surface area contributed by atoms with E-state index >= 15 is 0 Å². The molecule has 9 heteroatoms. The number of piperidine rings is 1. The van der Waals surface area contributed by atoms with Crippen molar-refractivity contribution in [2.75, 3.05) is 36.1 Å². The minimum Gasteiger partial charge on any atom is -0.373 e. The molecule has 4 N–H and O–H groups in total. The molecule has 1 atom stereocenters. The average molecular weight is 404 g/mol. The van der Waals surface area contributed by atoms with E-state index in [0.29, 0.717) is 11.6 Å². The molecular formula is C21H24N8O. The lowest BCUT2D eigenvalue weighted by Crippen LogP contribution is -2.46. The van der Waals surface area contributed by atoms with E-state index in [1.54, 1.807) is 12.4 Å². The van der Waals surface area contributed by atoms with Gasteiger partial charge in [-0.15, -0.1) is 0 Å². The molecule has 1 spiro atoms. The Kier molecular flexibility index (Phi) is 4.38. The van der Waals surface area contributed by atoms with Crippen LogP contribution in [0.1, 0.15) is 30.5 Å². The summed E-state index contributed by atoms with van der Waals surface area (Å²) in [5.74, 6) is 2.32. The summed E-state index contributed by atoms with van der Waals surface area (Å²) < 4.78 is 0. The molecule has 1 unspecified atom stereocenters. The summed E-state index contributed by atoms with van der Waals surface area (Å²) in [5.41, 5.74) is 8.25. The zero-order chi connectivity index (χ0) is 20.7. The first-order valence-corrected chi connectivity index (χ1v) is 10.2. The molecule has 0 amide bonds. The molecule has 0 bridgehead atoms. The number of hydrogen-bond acceptors (Lipinski definition) is 8. The van der Waals surface area contributed by atoms with Gasteiger partial charge in [0.15, 0.2) is 0 Å². The third-order valence-corrected chi connectivity index (χ3v) is 6.19. The van der Waals surface area contributed by atoms with Crippen LogP contribution in [-0.4, -0.2) is 45.1 Å². The van der Waals surface area contributed by atoms with E-state index in [9.17, 15) is 4.79 Å². The van der Waals surface area contributed by atoms with Gasteiger partial charge < -0.3 is 20.9 Å². The van der Waals surface area contributed by atoms with E-state index in [1.165, 1.54) is 0 Å². The van der Waals surface area contributed by atoms with Crippen molar-refractivity contribution in [3.8, 4) is 11.4 Å². The van der Waals surface area contributed by atoms with Crippen molar-refractivity contribution >= 4 is 17.6 Å². The van der Waals surface area contributed by atoms with Crippen LogP contribution in [0.4, 0.5) is 17.6 Å². The summed E-state index contributed by atoms with van der Waals surface area (Å²) in [4.78, 5) is 35.8. The zero-order valence-electron chi connectivity index (χ0n) is 16.9. The average Bonchev–Trinajstić information content (AvgIpc) is 3.12. The van der Waals surface area contributed by atoms with Crippen molar-refractivity contribution < 1.29 is 0 Å². The van der Waals surface area contributed by atoms with Gasteiger partial charge in [-0.1, -0.05) is 0 Å². The third kappa shape index (κ3) is 3.06. The molecule has 4 heterocycles. The van der Waals surface area contributed by atoms with Crippen LogP contribution in [-0.2, 0) is 11.8 Å². The molecule has 0 radical (unpaired) electrons. The number of H-pyrrole nitrogens is 1. The molecule has 9 nitrogen and oxygen atoms in total. The quantitative estimate of drug-likeness (QED) is 0.603. The monoisotopic (exact) mass is 404 g/mol. The van der Waals surface area contributed by atoms with E-state index in [0.717, 1.165) is 61.4 Å². The van der Waals surface area contributed by atoms with E-state index in [-0.39, 0.29) is 16.9 Å². The molecule has 1 aliphatic heterocycles. The number of aromatic amines is 1. The molecule has 3 aromatic rings. The lowest BCUT2D eigenvalue weighted by atomic mass is 9.77. The van der Waals surface area contributed by atoms with Crippen LogP contribution >= 0.6 is 0 Å². The molecule has 0 saturated carbocycles. The van der Waals surface area contributed by atoms with Crippen molar-refractivity contribution in [3.63, 3.8) is 0 Å². The maximum atomic E-state index is 12.8. The molecule has 154 valence electrons. The Morgan fingerprint density at radius 3 is 2.97 bits per heavy atom. The Labute approximate surface area is 173 Å². The Hall–Kier alpha value is -3.49. The molecule has 1 aliphatic carbocycles. The number of fused-ring (bicyclic) bond motifs is 2. The second-order valence-corrected chi connectivity index (χ2v) is 8.01. The highest BCUT2D eigenvalue weighted by molar-refractivity contribution is 5.56. The predicted octanol–water partition coefficient (Wildman–Crippen LogP) is 1.73. The number of nitrogens with two attached hydrogens (primary N) is 1. The highest BCUT2D eigenvalue weighted by Crippen LogP contribution is 2.44. The maximum Gasteiger partial charge on any atom is 0.254 e. The normalized spacial score (nSPS) is 20.4. The number of anilines is 3. The SMILES string of the molecule is CNc1cc(N2CCCC3(CCc4c3nc(-c3cccnc3)[nH]c4=O)C2)nc(N)n1. The third-order valence-electron chi connectivity index (χ3n) is 6.19. The summed E-state index contributed by atoms with van der Waals surface area (Å²) in [7, 11) is 1.81. The molecule has 30 heavy (non-hydrogen) atoms. The first kappa shape index (κ1) is 18.5. The van der Waals surface area contributed by atoms with Gasteiger partial charge in [-0.25, -0.2) is 4.98 Å². The maximum absolute atomic E-state index is 12.8. The summed E-state index contributed by atoms with van der Waals surface area (Å²) in [6.45, 7) is 1.64. The molecule has 3 aromatic heterocycles. The van der Waals surface area contributed by atoms with Gasteiger partial charge in [0, 0.05) is 55.1 Å². The summed E-state index contributed by atoms with van der Waals surface area (Å²) in [5, 5.41) is 3.04. The van der Waals surface area contributed by atoms with Crippen molar-refractivity contribution in [1.82, 2.24) is 24.9 Å². The molecule has 0 aromatic carbocycles. The smallest absolute Gasteiger partial charge is 0.254 e. The van der Waals surface area contributed by atoms with Crippen LogP contribution in [0, 0.1) is 0 Å². The van der Waals surface area contributed by atoms with Crippen LogP contribution < -0.4 is 21.5 Å². The van der Waals surface area contributed by atoms with Gasteiger partial charge in [0.1, 0.15) is 17.5 Å². The number of rotatable bonds is 3. The molecule has 1 saturated heterocycles. The fourth-order valence-corrected chi connectivity index (χ4v) is 4.76. The lowest BCUT2D eigenvalue weighted by Gasteiger charge is -2.41. The first-order valence-electron chi connectivity index (χ1n) is 10.2. The Balaban J connectivity index is 1.55. The van der Waals surface area contributed by atoms with E-state index in [2.05, 4.69) is 30.2 Å². The number of pyridine rings is 1. The Morgan fingerprint density at radius 2 is 2.17 bits per heavy atom. The van der Waals surface area contributed by atoms with E-state index in [1.807, 2.05) is 25.2 Å². The zero-order valence-corrected chi connectivity index (χ0v) is 16.9. The van der Waals surface area contributed by atoms with Gasteiger partial charge in [0.2, 0.25) is 5.95 Å². The van der Waals surface area contributed by atoms with Crippen LogP contribution in [0.2, 0.25) is 0 Å². The lowest BCUT2D eigenvalue weighted by molar-refractivity contribution is 0.333. The second kappa shape index (κ2) is 7.08. The van der Waals surface area contributed by atoms with Gasteiger partial charge >= 0.3 is 0 Å². The Morgan fingerprint density at radius 1 is 1.27 bits per heavy atom. The first-order chi connectivity index (χ1) is 14.6. The highest BCUT2D eigenvalue weighted by atomic mass is 16.1. The fraction of sp³-hybridized carbons (Fsp3) is 0.381. The number of nitrogen functional groups attached to an aromatic ring is 1. The standard InChI is InChI=1S/C21H24N8O/c1-23-15-10-16(26-20(22)25-15)29-9-3-6-21(12-29)7-5-14-17(21)27-18(28-19(14)30)13-4-2-8-24-11-13/h2,4,8,10-11H,3,5-7,9,12H2,1H3,(H,27,28,30)(H3,22,23,25,26). The van der Waals surface area contributed by atoms with Crippen molar-refractivity contribution in [1.29, 1.82) is 0 Å². The largest absolute Gasteiger partial charge is 0.373 e. The second-order valence-electron chi connectivity index (χ2n) is 8.01. The van der Waals surface area contributed by atoms with E-state index < -0.39 is 0 Å². The van der Waals surface area contributed by atoms with Crippen LogP contribution in [0.15, 0.2) is 35.4 Å². The van der Waals surface area contributed by atoms with Crippen molar-refractivity contribution in [2.24, 2.45) is 0 Å². The van der Waals surface area contributed by atoms with E-state index in [4.69, 9.17) is 10.7 Å². The minimum absolute atomic E-state index is 0.0448. The molecule has 5 rings (SSSR count). The van der Waals surface area contributed by atoms with Gasteiger partial charge in [0.25, 0.3) is 5.56 Å². The van der Waals surface area contributed by atoms with Gasteiger partial charge in [-0.2, -0.15) is 9.97 Å². The van der Waals surface area contributed by atoms with Crippen molar-refractivity contribution in [2.45, 2.75) is 31.1 Å². The topological polar surface area (TPSA) is 126 Å². The van der Waals surface area contributed by atoms with Crippen LogP contribution in [0.25, 0.3) is 11.4 Å². The Bertz CT molecular complexity index is 1150. The summed E-state index contributed by atoms with van der Waals surface area (Å²) >= 11 is 0. The molecular weight excluding hydrogens is 380 g/mol. The van der Waals surface area contributed by atoms with Gasteiger partial charge in [-0.3, -0.25) is 9.78 Å². The predicted molar refractivity (Wildman–Crippen MR) is 116 cm³/mol.